The van der Waals surface area contributed by atoms with Crippen molar-refractivity contribution >= 4 is 17.2 Å². The van der Waals surface area contributed by atoms with E-state index in [-0.39, 0.29) is 10.4 Å². The van der Waals surface area contributed by atoms with Gasteiger partial charge in [-0.1, -0.05) is 25.2 Å². The van der Waals surface area contributed by atoms with Crippen molar-refractivity contribution in [1.82, 2.24) is 15.1 Å². The van der Waals surface area contributed by atoms with Crippen LogP contribution in [0.25, 0.3) is 0 Å². The molecule has 1 aliphatic heterocycles. The summed E-state index contributed by atoms with van der Waals surface area (Å²) in [5, 5.41) is 9.09. The number of morpholine rings is 1. The largest absolute Gasteiger partial charge is 0.379 e. The number of carbonyl (C=O) groups is 1. The van der Waals surface area contributed by atoms with E-state index >= 15 is 0 Å². The second kappa shape index (κ2) is 5.94. The standard InChI is InChI=1S/C12H20N4O2S/c1-12(2,3-4-16-5-7-18-8-6-16)11-15-14-10(19-11)9(13)17/h3-8H2,1-2H3,(H2,13,17). The van der Waals surface area contributed by atoms with Crippen LogP contribution in [0.15, 0.2) is 0 Å². The molecule has 0 aliphatic carbocycles. The van der Waals surface area contributed by atoms with Crippen molar-refractivity contribution in [3.8, 4) is 0 Å². The Bertz CT molecular complexity index is 441. The molecule has 2 N–H and O–H groups in total. The second-order valence-electron chi connectivity index (χ2n) is 5.36. The van der Waals surface area contributed by atoms with Gasteiger partial charge in [0.25, 0.3) is 5.91 Å². The van der Waals surface area contributed by atoms with Crippen molar-refractivity contribution in [3.63, 3.8) is 0 Å². The number of nitrogens with two attached hydrogens (primary N) is 1. The van der Waals surface area contributed by atoms with Gasteiger partial charge >= 0.3 is 0 Å². The van der Waals surface area contributed by atoms with Gasteiger partial charge in [0, 0.05) is 18.5 Å². The summed E-state index contributed by atoms with van der Waals surface area (Å²) < 4.78 is 5.33. The Kier molecular flexibility index (Phi) is 4.49. The molecular formula is C12H20N4O2S. The zero-order valence-electron chi connectivity index (χ0n) is 11.4. The summed E-state index contributed by atoms with van der Waals surface area (Å²) in [6, 6.07) is 0. The first-order valence-corrected chi connectivity index (χ1v) is 7.24. The fraction of sp³-hybridized carbons (Fsp3) is 0.750. The van der Waals surface area contributed by atoms with Crippen molar-refractivity contribution in [2.24, 2.45) is 5.73 Å². The van der Waals surface area contributed by atoms with E-state index in [4.69, 9.17) is 10.5 Å². The molecule has 7 heteroatoms. The summed E-state index contributed by atoms with van der Waals surface area (Å²) in [5.41, 5.74) is 5.11. The predicted molar refractivity (Wildman–Crippen MR) is 73.3 cm³/mol. The third kappa shape index (κ3) is 3.71. The number of aromatic nitrogens is 2. The van der Waals surface area contributed by atoms with E-state index in [1.54, 1.807) is 0 Å². The highest BCUT2D eigenvalue weighted by molar-refractivity contribution is 7.13. The number of nitrogens with zero attached hydrogens (tertiary/aromatic N) is 3. The summed E-state index contributed by atoms with van der Waals surface area (Å²) in [7, 11) is 0. The normalized spacial score (nSPS) is 17.6. The maximum atomic E-state index is 11.1. The smallest absolute Gasteiger partial charge is 0.279 e. The minimum atomic E-state index is -0.507. The van der Waals surface area contributed by atoms with E-state index in [1.807, 2.05) is 0 Å². The summed E-state index contributed by atoms with van der Waals surface area (Å²) in [6.07, 6.45) is 0.973. The molecule has 0 saturated carbocycles. The molecule has 0 bridgehead atoms. The topological polar surface area (TPSA) is 81.3 Å². The van der Waals surface area contributed by atoms with E-state index in [2.05, 4.69) is 28.9 Å². The lowest BCUT2D eigenvalue weighted by Gasteiger charge is -2.30. The maximum Gasteiger partial charge on any atom is 0.279 e. The molecular weight excluding hydrogens is 264 g/mol. The van der Waals surface area contributed by atoms with Gasteiger partial charge in [-0.3, -0.25) is 9.69 Å². The zero-order valence-corrected chi connectivity index (χ0v) is 12.2. The van der Waals surface area contributed by atoms with Gasteiger partial charge in [0.1, 0.15) is 5.01 Å². The maximum absolute atomic E-state index is 11.1. The number of hydrogen-bond donors (Lipinski definition) is 1. The molecule has 6 nitrogen and oxygen atoms in total. The summed E-state index contributed by atoms with van der Waals surface area (Å²) in [5.74, 6) is -0.507. The Morgan fingerprint density at radius 1 is 1.42 bits per heavy atom. The summed E-state index contributed by atoms with van der Waals surface area (Å²) in [6.45, 7) is 8.84. The highest BCUT2D eigenvalue weighted by Gasteiger charge is 2.27. The molecule has 1 aromatic heterocycles. The van der Waals surface area contributed by atoms with Crippen molar-refractivity contribution < 1.29 is 9.53 Å². The lowest BCUT2D eigenvalue weighted by molar-refractivity contribution is 0.0350. The Hall–Kier alpha value is -1.05. The third-order valence-corrected chi connectivity index (χ3v) is 4.68. The Labute approximate surface area is 116 Å². The van der Waals surface area contributed by atoms with Crippen molar-refractivity contribution in [3.05, 3.63) is 10.0 Å². The van der Waals surface area contributed by atoms with Gasteiger partial charge in [-0.2, -0.15) is 0 Å². The van der Waals surface area contributed by atoms with Gasteiger partial charge in [-0.15, -0.1) is 10.2 Å². The minimum Gasteiger partial charge on any atom is -0.379 e. The van der Waals surface area contributed by atoms with Gasteiger partial charge in [0.15, 0.2) is 0 Å². The van der Waals surface area contributed by atoms with Crippen molar-refractivity contribution in [2.75, 3.05) is 32.8 Å². The first kappa shape index (κ1) is 14.4. The molecule has 106 valence electrons. The van der Waals surface area contributed by atoms with Gasteiger partial charge < -0.3 is 10.5 Å². The molecule has 1 aromatic rings. The molecule has 0 atom stereocenters. The minimum absolute atomic E-state index is 0.0936. The van der Waals surface area contributed by atoms with Crippen LogP contribution in [0.1, 0.15) is 35.1 Å². The monoisotopic (exact) mass is 284 g/mol. The molecule has 0 radical (unpaired) electrons. The van der Waals surface area contributed by atoms with Crippen LogP contribution in [0.5, 0.6) is 0 Å². The van der Waals surface area contributed by atoms with Crippen molar-refractivity contribution in [1.29, 1.82) is 0 Å². The molecule has 19 heavy (non-hydrogen) atoms. The van der Waals surface area contributed by atoms with E-state index in [1.165, 1.54) is 11.3 Å². The van der Waals surface area contributed by atoms with Crippen LogP contribution in [-0.2, 0) is 10.2 Å². The van der Waals surface area contributed by atoms with Crippen LogP contribution in [0.3, 0.4) is 0 Å². The first-order valence-electron chi connectivity index (χ1n) is 6.43. The molecule has 1 aliphatic rings. The van der Waals surface area contributed by atoms with Crippen molar-refractivity contribution in [2.45, 2.75) is 25.7 Å². The second-order valence-corrected chi connectivity index (χ2v) is 6.34. The Morgan fingerprint density at radius 2 is 2.11 bits per heavy atom. The summed E-state index contributed by atoms with van der Waals surface area (Å²) >= 11 is 1.29. The lowest BCUT2D eigenvalue weighted by atomic mass is 9.90. The van der Waals surface area contributed by atoms with Crippen LogP contribution in [0.2, 0.25) is 0 Å². The van der Waals surface area contributed by atoms with Crippen LogP contribution < -0.4 is 5.73 Å². The molecule has 2 heterocycles. The van der Waals surface area contributed by atoms with Gasteiger partial charge in [-0.25, -0.2) is 0 Å². The number of carbonyl (C=O) groups excluding carboxylic acids is 1. The highest BCUT2D eigenvalue weighted by Crippen LogP contribution is 2.29. The number of rotatable bonds is 5. The van der Waals surface area contributed by atoms with E-state index in [0.29, 0.717) is 0 Å². The molecule has 0 unspecified atom stereocenters. The Balaban J connectivity index is 1.94. The van der Waals surface area contributed by atoms with E-state index < -0.39 is 5.91 Å². The molecule has 1 amide bonds. The average molecular weight is 284 g/mol. The molecule has 2 rings (SSSR count). The third-order valence-electron chi connectivity index (χ3n) is 3.37. The molecule has 1 fully saturated rings. The lowest BCUT2D eigenvalue weighted by Crippen LogP contribution is -2.38. The van der Waals surface area contributed by atoms with Crippen LogP contribution >= 0.6 is 11.3 Å². The van der Waals surface area contributed by atoms with Crippen LogP contribution in [0, 0.1) is 0 Å². The highest BCUT2D eigenvalue weighted by atomic mass is 32.1. The predicted octanol–water partition coefficient (Wildman–Crippen LogP) is 0.637. The molecule has 1 saturated heterocycles. The van der Waals surface area contributed by atoms with E-state index in [0.717, 1.165) is 44.3 Å². The van der Waals surface area contributed by atoms with Crippen LogP contribution in [-0.4, -0.2) is 53.9 Å². The quantitative estimate of drug-likeness (QED) is 0.858. The number of hydrogen-bond acceptors (Lipinski definition) is 6. The average Bonchev–Trinajstić information content (AvgIpc) is 2.88. The van der Waals surface area contributed by atoms with Gasteiger partial charge in [0.2, 0.25) is 5.01 Å². The Morgan fingerprint density at radius 3 is 2.68 bits per heavy atom. The zero-order chi connectivity index (χ0) is 13.9. The fourth-order valence-electron chi connectivity index (χ4n) is 1.97. The summed E-state index contributed by atoms with van der Waals surface area (Å²) in [4.78, 5) is 13.4. The van der Waals surface area contributed by atoms with Gasteiger partial charge in [-0.05, 0) is 13.0 Å². The number of ether oxygens (including phenoxy) is 1. The van der Waals surface area contributed by atoms with E-state index in [9.17, 15) is 4.79 Å². The molecule has 0 aromatic carbocycles. The number of primary amides is 1. The first-order chi connectivity index (χ1) is 8.99. The SMILES string of the molecule is CC(C)(CCN1CCOCC1)c1nnc(C(N)=O)s1. The number of amides is 1. The fourth-order valence-corrected chi connectivity index (χ4v) is 2.79. The van der Waals surface area contributed by atoms with Gasteiger partial charge in [0.05, 0.1) is 13.2 Å². The van der Waals surface area contributed by atoms with Crippen LogP contribution in [0.4, 0.5) is 0 Å². The molecule has 0 spiro atoms.